The number of rotatable bonds is 7. The molecule has 1 N–H and O–H groups in total. The van der Waals surface area contributed by atoms with Crippen molar-refractivity contribution in [2.75, 3.05) is 7.11 Å². The van der Waals surface area contributed by atoms with Crippen molar-refractivity contribution in [2.45, 2.75) is 6.61 Å². The summed E-state index contributed by atoms with van der Waals surface area (Å²) < 4.78 is 10.9. The molecule has 27 heavy (non-hydrogen) atoms. The Morgan fingerprint density at radius 3 is 2.48 bits per heavy atom. The van der Waals surface area contributed by atoms with Crippen LogP contribution in [0.15, 0.2) is 78.9 Å². The first-order valence-corrected chi connectivity index (χ1v) is 8.52. The number of carbonyl (C=O) groups excluding carboxylic acids is 1. The number of carbonyl (C=O) groups is 1. The molecule has 0 aliphatic rings. The number of benzene rings is 3. The number of phenols is 1. The van der Waals surface area contributed by atoms with Gasteiger partial charge in [-0.05, 0) is 42.0 Å². The van der Waals surface area contributed by atoms with Gasteiger partial charge in [-0.2, -0.15) is 0 Å². The Bertz CT molecular complexity index is 946. The van der Waals surface area contributed by atoms with Crippen LogP contribution in [-0.4, -0.2) is 18.0 Å². The van der Waals surface area contributed by atoms with Gasteiger partial charge in [0.05, 0.1) is 7.11 Å². The fraction of sp³-hybridized carbons (Fsp3) is 0.0870. The molecule has 0 saturated heterocycles. The Labute approximate surface area is 158 Å². The van der Waals surface area contributed by atoms with E-state index in [-0.39, 0.29) is 17.3 Å². The molecule has 3 rings (SSSR count). The molecule has 0 saturated carbocycles. The minimum atomic E-state index is -0.189. The minimum Gasteiger partial charge on any atom is -0.504 e. The summed E-state index contributed by atoms with van der Waals surface area (Å²) in [6.07, 6.45) is 3.21. The molecule has 4 heteroatoms. The SMILES string of the molecule is COc1cc(C(=O)/C=C/c2ccccc2OCc2ccccc2)ccc1O. The van der Waals surface area contributed by atoms with E-state index in [4.69, 9.17) is 9.47 Å². The number of allylic oxidation sites excluding steroid dienone is 1. The lowest BCUT2D eigenvalue weighted by Gasteiger charge is -2.09. The normalized spacial score (nSPS) is 10.7. The van der Waals surface area contributed by atoms with Gasteiger partial charge in [-0.15, -0.1) is 0 Å². The molecule has 0 atom stereocenters. The number of ether oxygens (including phenoxy) is 2. The fourth-order valence-corrected chi connectivity index (χ4v) is 2.58. The maximum atomic E-state index is 12.4. The summed E-state index contributed by atoms with van der Waals surface area (Å²) in [5, 5.41) is 9.64. The van der Waals surface area contributed by atoms with Gasteiger partial charge < -0.3 is 14.6 Å². The molecule has 0 bridgehead atoms. The first-order valence-electron chi connectivity index (χ1n) is 8.52. The lowest BCUT2D eigenvalue weighted by molar-refractivity contribution is 0.104. The minimum absolute atomic E-state index is 0.00214. The highest BCUT2D eigenvalue weighted by atomic mass is 16.5. The van der Waals surface area contributed by atoms with Crippen LogP contribution in [0.3, 0.4) is 0 Å². The topological polar surface area (TPSA) is 55.8 Å². The van der Waals surface area contributed by atoms with E-state index in [1.54, 1.807) is 12.1 Å². The van der Waals surface area contributed by atoms with E-state index in [0.717, 1.165) is 11.1 Å². The van der Waals surface area contributed by atoms with Crippen molar-refractivity contribution in [1.29, 1.82) is 0 Å². The van der Waals surface area contributed by atoms with Crippen LogP contribution in [0.5, 0.6) is 17.2 Å². The average Bonchev–Trinajstić information content (AvgIpc) is 2.72. The van der Waals surface area contributed by atoms with E-state index in [1.165, 1.54) is 25.3 Å². The summed E-state index contributed by atoms with van der Waals surface area (Å²) in [5.74, 6) is 0.776. The second-order valence-corrected chi connectivity index (χ2v) is 5.90. The molecule has 0 aliphatic heterocycles. The molecule has 0 radical (unpaired) electrons. The summed E-state index contributed by atoms with van der Waals surface area (Å²) in [4.78, 5) is 12.4. The third kappa shape index (κ3) is 4.76. The van der Waals surface area contributed by atoms with Gasteiger partial charge in [0.25, 0.3) is 0 Å². The zero-order valence-corrected chi connectivity index (χ0v) is 15.0. The third-order valence-corrected chi connectivity index (χ3v) is 4.03. The summed E-state index contributed by atoms with van der Waals surface area (Å²) in [7, 11) is 1.44. The van der Waals surface area contributed by atoms with E-state index in [0.29, 0.717) is 17.9 Å². The molecule has 136 valence electrons. The quantitative estimate of drug-likeness (QED) is 0.482. The number of methoxy groups -OCH3 is 1. The molecule has 3 aromatic carbocycles. The maximum absolute atomic E-state index is 12.4. The van der Waals surface area contributed by atoms with Crippen LogP contribution in [0.1, 0.15) is 21.5 Å². The Hall–Kier alpha value is -3.53. The number of hydrogen-bond donors (Lipinski definition) is 1. The largest absolute Gasteiger partial charge is 0.504 e. The van der Waals surface area contributed by atoms with Crippen molar-refractivity contribution >= 4 is 11.9 Å². The van der Waals surface area contributed by atoms with Gasteiger partial charge in [0.15, 0.2) is 17.3 Å². The molecule has 0 aromatic heterocycles. The maximum Gasteiger partial charge on any atom is 0.185 e. The molecular weight excluding hydrogens is 340 g/mol. The van der Waals surface area contributed by atoms with Crippen molar-refractivity contribution in [3.8, 4) is 17.2 Å². The van der Waals surface area contributed by atoms with Crippen LogP contribution in [0.2, 0.25) is 0 Å². The molecule has 0 aliphatic carbocycles. The predicted octanol–water partition coefficient (Wildman–Crippen LogP) is 4.88. The second kappa shape index (κ2) is 8.72. The standard InChI is InChI=1S/C23H20O4/c1-26-23-15-19(12-14-21(23)25)20(24)13-11-18-9-5-6-10-22(18)27-16-17-7-3-2-4-8-17/h2-15,25H,16H2,1H3/b13-11+. The van der Waals surface area contributed by atoms with E-state index < -0.39 is 0 Å². The van der Waals surface area contributed by atoms with E-state index >= 15 is 0 Å². The number of aromatic hydroxyl groups is 1. The van der Waals surface area contributed by atoms with Crippen LogP contribution in [0.25, 0.3) is 6.08 Å². The molecule has 3 aromatic rings. The zero-order chi connectivity index (χ0) is 19.1. The molecular formula is C23H20O4. The average molecular weight is 360 g/mol. The lowest BCUT2D eigenvalue weighted by Crippen LogP contribution is -1.97. The number of ketones is 1. The van der Waals surface area contributed by atoms with Crippen LogP contribution < -0.4 is 9.47 Å². The molecule has 4 nitrogen and oxygen atoms in total. The van der Waals surface area contributed by atoms with Gasteiger partial charge in [0.1, 0.15) is 12.4 Å². The number of hydrogen-bond acceptors (Lipinski definition) is 4. The predicted molar refractivity (Wildman–Crippen MR) is 105 cm³/mol. The third-order valence-electron chi connectivity index (χ3n) is 4.03. The lowest BCUT2D eigenvalue weighted by atomic mass is 10.1. The number of phenolic OH excluding ortho intramolecular Hbond substituents is 1. The van der Waals surface area contributed by atoms with Gasteiger partial charge >= 0.3 is 0 Å². The molecule has 0 heterocycles. The molecule has 0 spiro atoms. The summed E-state index contributed by atoms with van der Waals surface area (Å²) in [6, 6.07) is 22.0. The Morgan fingerprint density at radius 1 is 0.963 bits per heavy atom. The van der Waals surface area contributed by atoms with Gasteiger partial charge in [-0.25, -0.2) is 0 Å². The summed E-state index contributed by atoms with van der Waals surface area (Å²) in [6.45, 7) is 0.453. The van der Waals surface area contributed by atoms with Gasteiger partial charge in [0, 0.05) is 11.1 Å². The zero-order valence-electron chi connectivity index (χ0n) is 15.0. The Balaban J connectivity index is 1.74. The first-order chi connectivity index (χ1) is 13.2. The van der Waals surface area contributed by atoms with Gasteiger partial charge in [0.2, 0.25) is 0 Å². The van der Waals surface area contributed by atoms with Crippen molar-refractivity contribution in [2.24, 2.45) is 0 Å². The monoisotopic (exact) mass is 360 g/mol. The van der Waals surface area contributed by atoms with Crippen LogP contribution in [0.4, 0.5) is 0 Å². The number of para-hydroxylation sites is 1. The van der Waals surface area contributed by atoms with Crippen LogP contribution in [0, 0.1) is 0 Å². The van der Waals surface area contributed by atoms with Gasteiger partial charge in [-0.3, -0.25) is 4.79 Å². The Kier molecular flexibility index (Phi) is 5.90. The summed E-state index contributed by atoms with van der Waals surface area (Å²) >= 11 is 0. The van der Waals surface area contributed by atoms with Gasteiger partial charge in [-0.1, -0.05) is 48.5 Å². The van der Waals surface area contributed by atoms with Crippen molar-refractivity contribution in [3.63, 3.8) is 0 Å². The first kappa shape index (κ1) is 18.3. The fourth-order valence-electron chi connectivity index (χ4n) is 2.58. The van der Waals surface area contributed by atoms with E-state index in [9.17, 15) is 9.90 Å². The summed E-state index contributed by atoms with van der Waals surface area (Å²) in [5.41, 5.74) is 2.32. The smallest absolute Gasteiger partial charge is 0.185 e. The Morgan fingerprint density at radius 2 is 1.70 bits per heavy atom. The van der Waals surface area contributed by atoms with Crippen molar-refractivity contribution in [1.82, 2.24) is 0 Å². The highest BCUT2D eigenvalue weighted by Crippen LogP contribution is 2.27. The van der Waals surface area contributed by atoms with Crippen LogP contribution in [-0.2, 0) is 6.61 Å². The molecule has 0 amide bonds. The van der Waals surface area contributed by atoms with Crippen molar-refractivity contribution in [3.05, 3.63) is 95.6 Å². The van der Waals surface area contributed by atoms with Crippen LogP contribution >= 0.6 is 0 Å². The highest BCUT2D eigenvalue weighted by Gasteiger charge is 2.08. The molecule has 0 fully saturated rings. The highest BCUT2D eigenvalue weighted by molar-refractivity contribution is 6.07. The van der Waals surface area contributed by atoms with E-state index in [2.05, 4.69) is 0 Å². The van der Waals surface area contributed by atoms with E-state index in [1.807, 2.05) is 54.6 Å². The second-order valence-electron chi connectivity index (χ2n) is 5.90. The molecule has 0 unspecified atom stereocenters. The van der Waals surface area contributed by atoms with Crippen molar-refractivity contribution < 1.29 is 19.4 Å².